The summed E-state index contributed by atoms with van der Waals surface area (Å²) in [4.78, 5) is 67.1. The van der Waals surface area contributed by atoms with Gasteiger partial charge in [-0.25, -0.2) is 28.8 Å². The SMILES string of the molecule is C=C(C)C(=O)OC1(C(C)C)CCCC1.C=C(C)C(=O)OC1(C)CCCC1.C=C(C)C(=O)OC1(CC)CCCC1.C=CC(=O)OC1(C(C)C)CCCCC1.C=CC(=O)OC1(C)CCCC1.C=CC(=O)OC1(CC)CCCC1. The Morgan fingerprint density at radius 2 is 0.645 bits per heavy atom. The Labute approximate surface area is 460 Å². The van der Waals surface area contributed by atoms with Gasteiger partial charge in [0.25, 0.3) is 0 Å². The summed E-state index contributed by atoms with van der Waals surface area (Å²) in [5.74, 6) is -0.780. The highest BCUT2D eigenvalue weighted by Gasteiger charge is 2.42. The van der Waals surface area contributed by atoms with Gasteiger partial charge >= 0.3 is 35.8 Å². The van der Waals surface area contributed by atoms with Crippen LogP contribution in [0, 0.1) is 11.8 Å². The molecule has 0 spiro atoms. The summed E-state index contributed by atoms with van der Waals surface area (Å²) in [5.41, 5.74) is 0.308. The lowest BCUT2D eigenvalue weighted by Gasteiger charge is -2.39. The van der Waals surface area contributed by atoms with Crippen LogP contribution in [0.15, 0.2) is 74.4 Å². The lowest BCUT2D eigenvalue weighted by atomic mass is 9.77. The molecular weight excluding hydrogens is 961 g/mol. The number of carbonyl (C=O) groups excluding carboxylic acids is 6. The van der Waals surface area contributed by atoms with Crippen LogP contribution in [-0.4, -0.2) is 69.4 Å². The molecule has 6 rings (SSSR count). The van der Waals surface area contributed by atoms with Gasteiger partial charge in [-0.2, -0.15) is 0 Å². The van der Waals surface area contributed by atoms with Crippen LogP contribution in [0.3, 0.4) is 0 Å². The van der Waals surface area contributed by atoms with Gasteiger partial charge in [-0.3, -0.25) is 0 Å². The van der Waals surface area contributed by atoms with E-state index < -0.39 is 0 Å². The second-order valence-electron chi connectivity index (χ2n) is 23.4. The van der Waals surface area contributed by atoms with Crippen LogP contribution < -0.4 is 0 Å². The minimum atomic E-state index is -0.297. The Kier molecular flexibility index (Phi) is 30.6. The predicted molar refractivity (Wildman–Crippen MR) is 305 cm³/mol. The van der Waals surface area contributed by atoms with E-state index in [0.717, 1.165) is 89.9 Å². The van der Waals surface area contributed by atoms with E-state index in [-0.39, 0.29) is 69.4 Å². The molecule has 6 saturated carbocycles. The van der Waals surface area contributed by atoms with Crippen LogP contribution in [0.2, 0.25) is 0 Å². The molecule has 432 valence electrons. The monoisotopic (exact) mass is 1060 g/mol. The molecule has 0 unspecified atom stereocenters. The quantitative estimate of drug-likeness (QED) is 0.0820. The average molecular weight is 1070 g/mol. The second kappa shape index (κ2) is 33.5. The zero-order valence-electron chi connectivity index (χ0n) is 49.6. The van der Waals surface area contributed by atoms with E-state index in [9.17, 15) is 28.8 Å². The maximum Gasteiger partial charge on any atom is 0.333 e. The zero-order valence-corrected chi connectivity index (χ0v) is 49.6. The van der Waals surface area contributed by atoms with Crippen molar-refractivity contribution < 1.29 is 57.2 Å². The fourth-order valence-electron chi connectivity index (χ4n) is 10.9. The van der Waals surface area contributed by atoms with Crippen molar-refractivity contribution in [3.05, 3.63) is 74.4 Å². The van der Waals surface area contributed by atoms with Crippen molar-refractivity contribution >= 4 is 35.8 Å². The summed E-state index contributed by atoms with van der Waals surface area (Å²) >= 11 is 0. The summed E-state index contributed by atoms with van der Waals surface area (Å²) < 4.78 is 32.4. The lowest BCUT2D eigenvalue weighted by Crippen LogP contribution is -2.41. The fraction of sp³-hybridized carbons (Fsp3) is 0.719. The molecular formula is C64H104O12. The number of hydrogen-bond acceptors (Lipinski definition) is 12. The average Bonchev–Trinajstić information content (AvgIpc) is 4.27. The van der Waals surface area contributed by atoms with Crippen molar-refractivity contribution in [2.24, 2.45) is 11.8 Å². The van der Waals surface area contributed by atoms with Crippen LogP contribution in [0.5, 0.6) is 0 Å². The van der Waals surface area contributed by atoms with E-state index >= 15 is 0 Å². The normalized spacial score (nSPS) is 20.3. The zero-order chi connectivity index (χ0) is 57.8. The van der Waals surface area contributed by atoms with E-state index in [0.29, 0.717) is 28.6 Å². The molecule has 0 aliphatic heterocycles. The van der Waals surface area contributed by atoms with Gasteiger partial charge in [0.05, 0.1) is 0 Å². The third kappa shape index (κ3) is 23.9. The van der Waals surface area contributed by atoms with Crippen molar-refractivity contribution in [1.82, 2.24) is 0 Å². The number of esters is 6. The van der Waals surface area contributed by atoms with E-state index in [2.05, 4.69) is 81.0 Å². The summed E-state index contributed by atoms with van der Waals surface area (Å²) in [6, 6.07) is 0. The molecule has 0 atom stereocenters. The molecule has 0 aromatic rings. The van der Waals surface area contributed by atoms with Gasteiger partial charge in [0.15, 0.2) is 0 Å². The Bertz CT molecular complexity index is 1920. The molecule has 0 amide bonds. The molecule has 12 nitrogen and oxygen atoms in total. The molecule has 6 aliphatic carbocycles. The Morgan fingerprint density at radius 1 is 0.382 bits per heavy atom. The Balaban J connectivity index is 0.000000457. The first-order valence-electron chi connectivity index (χ1n) is 28.8. The summed E-state index contributed by atoms with van der Waals surface area (Å²) in [5, 5.41) is 0. The minimum absolute atomic E-state index is 0.161. The van der Waals surface area contributed by atoms with E-state index in [4.69, 9.17) is 28.4 Å². The van der Waals surface area contributed by atoms with E-state index in [1.165, 1.54) is 102 Å². The highest BCUT2D eigenvalue weighted by atomic mass is 16.6. The molecule has 0 saturated heterocycles. The van der Waals surface area contributed by atoms with Gasteiger partial charge in [-0.1, -0.05) is 87.4 Å². The van der Waals surface area contributed by atoms with Gasteiger partial charge in [-0.15, -0.1) is 0 Å². The highest BCUT2D eigenvalue weighted by molar-refractivity contribution is 5.88. The molecule has 0 bridgehead atoms. The van der Waals surface area contributed by atoms with Crippen molar-refractivity contribution in [2.45, 2.75) is 283 Å². The summed E-state index contributed by atoms with van der Waals surface area (Å²) in [7, 11) is 0. The largest absolute Gasteiger partial charge is 0.456 e. The minimum Gasteiger partial charge on any atom is -0.456 e. The molecule has 0 aromatic heterocycles. The molecule has 0 N–H and O–H groups in total. The van der Waals surface area contributed by atoms with E-state index in [1.54, 1.807) is 20.8 Å². The number of ether oxygens (including phenoxy) is 6. The summed E-state index contributed by atoms with van der Waals surface area (Å²) in [6.07, 6.45) is 33.0. The smallest absolute Gasteiger partial charge is 0.333 e. The van der Waals surface area contributed by atoms with Crippen LogP contribution in [0.25, 0.3) is 0 Å². The molecule has 76 heavy (non-hydrogen) atoms. The molecule has 12 heteroatoms. The van der Waals surface area contributed by atoms with Crippen LogP contribution >= 0.6 is 0 Å². The van der Waals surface area contributed by atoms with Gasteiger partial charge in [0, 0.05) is 34.9 Å². The maximum absolute atomic E-state index is 11.5. The van der Waals surface area contributed by atoms with Crippen molar-refractivity contribution in [2.75, 3.05) is 0 Å². The van der Waals surface area contributed by atoms with Gasteiger partial charge < -0.3 is 28.4 Å². The first-order valence-corrected chi connectivity index (χ1v) is 28.8. The Morgan fingerprint density at radius 3 is 0.987 bits per heavy atom. The highest BCUT2D eigenvalue weighted by Crippen LogP contribution is 2.41. The molecule has 6 aliphatic rings. The van der Waals surface area contributed by atoms with Gasteiger partial charge in [-0.05, 0) is 213 Å². The van der Waals surface area contributed by atoms with Gasteiger partial charge in [0.1, 0.15) is 33.6 Å². The number of rotatable bonds is 16. The van der Waals surface area contributed by atoms with Crippen molar-refractivity contribution in [3.8, 4) is 0 Å². The van der Waals surface area contributed by atoms with Crippen LogP contribution in [0.1, 0.15) is 250 Å². The molecule has 6 fully saturated rings. The predicted octanol–water partition coefficient (Wildman–Crippen LogP) is 15.9. The van der Waals surface area contributed by atoms with Crippen LogP contribution in [0.4, 0.5) is 0 Å². The molecule has 0 heterocycles. The van der Waals surface area contributed by atoms with Crippen molar-refractivity contribution in [1.29, 1.82) is 0 Å². The van der Waals surface area contributed by atoms with Crippen molar-refractivity contribution in [3.63, 3.8) is 0 Å². The van der Waals surface area contributed by atoms with Gasteiger partial charge in [0.2, 0.25) is 0 Å². The third-order valence-electron chi connectivity index (χ3n) is 16.4. The first-order chi connectivity index (χ1) is 35.6. The molecule has 0 aromatic carbocycles. The first kappa shape index (κ1) is 69.3. The lowest BCUT2D eigenvalue weighted by molar-refractivity contribution is -0.163. The second-order valence-corrected chi connectivity index (χ2v) is 23.4. The summed E-state index contributed by atoms with van der Waals surface area (Å²) in [6.45, 7) is 42.7. The number of hydrogen-bond donors (Lipinski definition) is 0. The number of carbonyl (C=O) groups is 6. The third-order valence-corrected chi connectivity index (χ3v) is 16.4. The van der Waals surface area contributed by atoms with E-state index in [1.807, 2.05) is 13.8 Å². The topological polar surface area (TPSA) is 158 Å². The Hall–Kier alpha value is -4.74. The maximum atomic E-state index is 11.5. The standard InChI is InChI=1S/2C12H20O2.C11H18O2.2C10H16O2.C9H14O2/c1-9(2)11(13)14-12(10(3)4)7-5-6-8-12;1-4-11(13)14-12(10(2)3)8-6-5-7-9-12;1-4-11(7-5-6-8-11)13-10(12)9(2)3;1-8(2)9(11)12-10(3)6-4-5-7-10;1-3-9(11)12-10(4-2)7-5-6-8-10;1-3-8(10)11-9(2)6-4-5-7-9/h10H,1,5-8H2,2-4H3;4,10H,1,5-9H2,2-3H3;2,4-8H2,1,3H3;1,4-7H2,2-3H3;3H,1,4-8H2,2H3;3H,1,4-7H2,2H3. The van der Waals surface area contributed by atoms with Crippen LogP contribution in [-0.2, 0) is 57.2 Å². The fourth-order valence-corrected chi connectivity index (χ4v) is 10.9. The molecule has 0 radical (unpaired) electrons.